The van der Waals surface area contributed by atoms with Gasteiger partial charge in [-0.15, -0.1) is 11.3 Å². The van der Waals surface area contributed by atoms with Crippen LogP contribution in [0.5, 0.6) is 0 Å². The molecule has 156 valence electrons. The number of aromatic nitrogens is 2. The van der Waals surface area contributed by atoms with Crippen LogP contribution in [0.25, 0.3) is 6.08 Å². The molecule has 0 saturated heterocycles. The first-order valence-electron chi connectivity index (χ1n) is 10.3. The summed E-state index contributed by atoms with van der Waals surface area (Å²) in [6.45, 7) is 2.62. The Morgan fingerprint density at radius 3 is 2.66 bits per heavy atom. The second-order valence-electron chi connectivity index (χ2n) is 7.69. The van der Waals surface area contributed by atoms with Gasteiger partial charge in [0.05, 0.1) is 18.4 Å². The first-order chi connectivity index (χ1) is 14.0. The molecule has 2 aromatic rings. The van der Waals surface area contributed by atoms with E-state index in [1.807, 2.05) is 10.6 Å². The maximum Gasteiger partial charge on any atom is 0.345 e. The number of carbonyl (C=O) groups is 2. The second-order valence-corrected chi connectivity index (χ2v) is 8.86. The van der Waals surface area contributed by atoms with Gasteiger partial charge in [-0.3, -0.25) is 0 Å². The van der Waals surface area contributed by atoms with E-state index in [2.05, 4.69) is 11.9 Å². The minimum Gasteiger partial charge on any atom is -0.478 e. The van der Waals surface area contributed by atoms with E-state index in [9.17, 15) is 19.8 Å². The fourth-order valence-electron chi connectivity index (χ4n) is 3.91. The van der Waals surface area contributed by atoms with Crippen molar-refractivity contribution in [3.8, 4) is 0 Å². The first kappa shape index (κ1) is 21.3. The standard InChI is InChI=1S/C22H28N2O4S/c1-2-3-8-20-23-13-17(12-16(21(25)26)11-15-6-4-5-7-15)24(20)14-18-9-10-19(29-18)22(27)28/h9-10,12-13,15H,2-8,11,14H2,1H3,(H,25,26)(H,27,28). The van der Waals surface area contributed by atoms with Gasteiger partial charge in [0, 0.05) is 16.9 Å². The van der Waals surface area contributed by atoms with Crippen molar-refractivity contribution in [2.24, 2.45) is 5.92 Å². The van der Waals surface area contributed by atoms with Gasteiger partial charge in [-0.1, -0.05) is 39.0 Å². The molecule has 1 aliphatic carbocycles. The molecule has 6 nitrogen and oxygen atoms in total. The minimum atomic E-state index is -0.928. The Kier molecular flexibility index (Phi) is 7.25. The molecule has 0 aromatic carbocycles. The van der Waals surface area contributed by atoms with Crippen molar-refractivity contribution < 1.29 is 19.8 Å². The van der Waals surface area contributed by atoms with Crippen LogP contribution in [0.2, 0.25) is 0 Å². The van der Waals surface area contributed by atoms with Crippen molar-refractivity contribution in [1.29, 1.82) is 0 Å². The number of aliphatic carboxylic acids is 1. The number of imidazole rings is 1. The van der Waals surface area contributed by atoms with Crippen LogP contribution < -0.4 is 0 Å². The van der Waals surface area contributed by atoms with Gasteiger partial charge in [-0.25, -0.2) is 14.6 Å². The minimum absolute atomic E-state index is 0.305. The number of carboxylic acids is 2. The molecule has 3 rings (SSSR count). The summed E-state index contributed by atoms with van der Waals surface area (Å²) >= 11 is 1.25. The number of thiophene rings is 1. The van der Waals surface area contributed by atoms with Gasteiger partial charge >= 0.3 is 11.9 Å². The second kappa shape index (κ2) is 9.87. The van der Waals surface area contributed by atoms with Crippen LogP contribution in [0.15, 0.2) is 23.9 Å². The van der Waals surface area contributed by atoms with Crippen LogP contribution in [-0.2, 0) is 17.8 Å². The highest BCUT2D eigenvalue weighted by Crippen LogP contribution is 2.31. The Hall–Kier alpha value is -2.41. The summed E-state index contributed by atoms with van der Waals surface area (Å²) in [5.41, 5.74) is 1.20. The molecule has 0 atom stereocenters. The Morgan fingerprint density at radius 2 is 2.03 bits per heavy atom. The third-order valence-electron chi connectivity index (χ3n) is 5.49. The maximum absolute atomic E-state index is 11.9. The summed E-state index contributed by atoms with van der Waals surface area (Å²) < 4.78 is 2.03. The molecule has 0 amide bonds. The van der Waals surface area contributed by atoms with Crippen molar-refractivity contribution in [2.45, 2.75) is 64.8 Å². The first-order valence-corrected chi connectivity index (χ1v) is 11.1. The Balaban J connectivity index is 1.90. The Bertz CT molecular complexity index is 891. The van der Waals surface area contributed by atoms with Crippen molar-refractivity contribution in [3.05, 3.63) is 45.2 Å². The van der Waals surface area contributed by atoms with Crippen LogP contribution in [0.1, 0.15) is 77.9 Å². The molecule has 2 heterocycles. The normalized spacial score (nSPS) is 15.1. The van der Waals surface area contributed by atoms with E-state index < -0.39 is 11.9 Å². The van der Waals surface area contributed by atoms with E-state index in [1.165, 1.54) is 24.2 Å². The van der Waals surface area contributed by atoms with Gasteiger partial charge < -0.3 is 14.8 Å². The zero-order chi connectivity index (χ0) is 20.8. The third kappa shape index (κ3) is 5.56. The van der Waals surface area contributed by atoms with Crippen molar-refractivity contribution >= 4 is 29.4 Å². The number of rotatable bonds is 10. The highest BCUT2D eigenvalue weighted by Gasteiger charge is 2.21. The highest BCUT2D eigenvalue weighted by molar-refractivity contribution is 7.13. The predicted octanol–water partition coefficient (Wildman–Crippen LogP) is 5.08. The summed E-state index contributed by atoms with van der Waals surface area (Å²) in [6.07, 6.45) is 11.5. The molecule has 7 heteroatoms. The zero-order valence-electron chi connectivity index (χ0n) is 16.8. The number of hydrogen-bond donors (Lipinski definition) is 2. The van der Waals surface area contributed by atoms with E-state index >= 15 is 0 Å². The molecule has 0 bridgehead atoms. The fourth-order valence-corrected chi connectivity index (χ4v) is 4.74. The molecular weight excluding hydrogens is 388 g/mol. The molecule has 0 radical (unpaired) electrons. The highest BCUT2D eigenvalue weighted by atomic mass is 32.1. The van der Waals surface area contributed by atoms with Crippen LogP contribution in [-0.4, -0.2) is 31.7 Å². The molecule has 0 spiro atoms. The molecule has 29 heavy (non-hydrogen) atoms. The quantitative estimate of drug-likeness (QED) is 0.527. The number of nitrogens with zero attached hydrogens (tertiary/aromatic N) is 2. The molecule has 0 aliphatic heterocycles. The third-order valence-corrected chi connectivity index (χ3v) is 6.55. The molecule has 1 saturated carbocycles. The van der Waals surface area contributed by atoms with E-state index in [-0.39, 0.29) is 0 Å². The number of carboxylic acid groups (broad SMARTS) is 2. The SMILES string of the molecule is CCCCc1ncc(C=C(CC2CCCC2)C(=O)O)n1Cc1ccc(C(=O)O)s1. The van der Waals surface area contributed by atoms with Gasteiger partial charge in [-0.2, -0.15) is 0 Å². The molecule has 1 fully saturated rings. The topological polar surface area (TPSA) is 92.4 Å². The predicted molar refractivity (Wildman–Crippen MR) is 113 cm³/mol. The van der Waals surface area contributed by atoms with Crippen LogP contribution in [0.3, 0.4) is 0 Å². The van der Waals surface area contributed by atoms with E-state index in [0.717, 1.165) is 48.5 Å². The Labute approximate surface area is 174 Å². The van der Waals surface area contributed by atoms with Crippen LogP contribution >= 0.6 is 11.3 Å². The van der Waals surface area contributed by atoms with Gasteiger partial charge in [0.1, 0.15) is 10.7 Å². The summed E-state index contributed by atoms with van der Waals surface area (Å²) in [7, 11) is 0. The smallest absolute Gasteiger partial charge is 0.345 e. The lowest BCUT2D eigenvalue weighted by Gasteiger charge is -2.12. The monoisotopic (exact) mass is 416 g/mol. The van der Waals surface area contributed by atoms with Crippen LogP contribution in [0.4, 0.5) is 0 Å². The van der Waals surface area contributed by atoms with Crippen LogP contribution in [0, 0.1) is 5.92 Å². The number of aromatic carboxylic acids is 1. The lowest BCUT2D eigenvalue weighted by molar-refractivity contribution is -0.132. The molecular formula is C22H28N2O4S. The van der Waals surface area contributed by atoms with Crippen molar-refractivity contribution in [3.63, 3.8) is 0 Å². The summed E-state index contributed by atoms with van der Waals surface area (Å²) in [5, 5.41) is 18.9. The molecule has 1 aliphatic rings. The van der Waals surface area contributed by atoms with Gasteiger partial charge in [-0.05, 0) is 37.0 Å². The summed E-state index contributed by atoms with van der Waals surface area (Å²) in [6, 6.07) is 3.44. The summed E-state index contributed by atoms with van der Waals surface area (Å²) in [4.78, 5) is 28.8. The van der Waals surface area contributed by atoms with Crippen molar-refractivity contribution in [1.82, 2.24) is 9.55 Å². The zero-order valence-corrected chi connectivity index (χ0v) is 17.6. The molecule has 0 unspecified atom stereocenters. The molecule has 2 N–H and O–H groups in total. The fraction of sp³-hybridized carbons (Fsp3) is 0.500. The average molecular weight is 417 g/mol. The maximum atomic E-state index is 11.9. The van der Waals surface area contributed by atoms with E-state index in [1.54, 1.807) is 18.3 Å². The van der Waals surface area contributed by atoms with Gasteiger partial charge in [0.15, 0.2) is 0 Å². The Morgan fingerprint density at radius 1 is 1.28 bits per heavy atom. The summed E-state index contributed by atoms with van der Waals surface area (Å²) in [5.74, 6) is -0.440. The lowest BCUT2D eigenvalue weighted by Crippen LogP contribution is -2.09. The number of hydrogen-bond acceptors (Lipinski definition) is 4. The van der Waals surface area contributed by atoms with E-state index in [4.69, 9.17) is 0 Å². The lowest BCUT2D eigenvalue weighted by atomic mass is 9.97. The number of unbranched alkanes of at least 4 members (excludes halogenated alkanes) is 1. The average Bonchev–Trinajstić information content (AvgIpc) is 3.42. The van der Waals surface area contributed by atoms with Gasteiger partial charge in [0.25, 0.3) is 0 Å². The largest absolute Gasteiger partial charge is 0.478 e. The van der Waals surface area contributed by atoms with E-state index in [0.29, 0.717) is 29.3 Å². The van der Waals surface area contributed by atoms with Crippen molar-refractivity contribution in [2.75, 3.05) is 0 Å². The molecule has 2 aromatic heterocycles. The number of aryl methyl sites for hydroxylation is 1. The van der Waals surface area contributed by atoms with Gasteiger partial charge in [0.2, 0.25) is 0 Å².